The van der Waals surface area contributed by atoms with Gasteiger partial charge in [-0.05, 0) is 47.5 Å². The molecule has 0 aliphatic heterocycles. The maximum atomic E-state index is 13.2. The van der Waals surface area contributed by atoms with Crippen molar-refractivity contribution in [2.45, 2.75) is 5.54 Å². The average molecular weight is 397 g/mol. The maximum Gasteiger partial charge on any atom is 0.322 e. The van der Waals surface area contributed by atoms with Crippen LogP contribution in [0.25, 0.3) is 0 Å². The monoisotopic (exact) mass is 397 g/mol. The molecule has 150 valence electrons. The molecular formula is C25H23N3O2. The molecule has 0 aliphatic carbocycles. The van der Waals surface area contributed by atoms with E-state index >= 15 is 0 Å². The number of carbonyl (C=O) groups is 1. The zero-order chi connectivity index (χ0) is 21.6. The van der Waals surface area contributed by atoms with Crippen LogP contribution in [0.2, 0.25) is 0 Å². The minimum atomic E-state index is -1.01. The number of hydrogen-bond donors (Lipinski definition) is 1. The Balaban J connectivity index is 2.32. The predicted molar refractivity (Wildman–Crippen MR) is 119 cm³/mol. The maximum absolute atomic E-state index is 13.2. The molecule has 0 aliphatic rings. The number of carbonyl (C=O) groups excluding carboxylic acids is 1. The van der Waals surface area contributed by atoms with Crippen molar-refractivity contribution in [2.24, 2.45) is 0 Å². The van der Waals surface area contributed by atoms with Crippen LogP contribution in [0.4, 0.5) is 10.5 Å². The van der Waals surface area contributed by atoms with Gasteiger partial charge in [0.1, 0.15) is 11.3 Å². The van der Waals surface area contributed by atoms with Gasteiger partial charge in [-0.3, -0.25) is 4.90 Å². The average Bonchev–Trinajstić information content (AvgIpc) is 2.83. The lowest BCUT2D eigenvalue weighted by Crippen LogP contribution is -2.52. The van der Waals surface area contributed by atoms with E-state index in [1.165, 1.54) is 0 Å². The van der Waals surface area contributed by atoms with Crippen molar-refractivity contribution in [3.8, 4) is 11.8 Å². The number of anilines is 1. The second kappa shape index (κ2) is 8.97. The van der Waals surface area contributed by atoms with Gasteiger partial charge >= 0.3 is 6.03 Å². The highest BCUT2D eigenvalue weighted by atomic mass is 16.5. The molecule has 0 radical (unpaired) electrons. The van der Waals surface area contributed by atoms with E-state index in [9.17, 15) is 10.1 Å². The number of benzene rings is 3. The molecule has 0 saturated carbocycles. The minimum Gasteiger partial charge on any atom is -0.497 e. The first-order valence-corrected chi connectivity index (χ1v) is 9.46. The van der Waals surface area contributed by atoms with Crippen LogP contribution in [-0.2, 0) is 5.54 Å². The van der Waals surface area contributed by atoms with Crippen LogP contribution < -0.4 is 15.0 Å². The van der Waals surface area contributed by atoms with Crippen molar-refractivity contribution in [1.82, 2.24) is 5.32 Å². The number of nitriles is 1. The fourth-order valence-corrected chi connectivity index (χ4v) is 3.57. The molecule has 0 spiro atoms. The van der Waals surface area contributed by atoms with E-state index < -0.39 is 5.54 Å². The van der Waals surface area contributed by atoms with Crippen molar-refractivity contribution in [3.63, 3.8) is 0 Å². The molecule has 2 amide bonds. The van der Waals surface area contributed by atoms with Crippen molar-refractivity contribution in [2.75, 3.05) is 19.1 Å². The van der Waals surface area contributed by atoms with Gasteiger partial charge in [0.25, 0.3) is 0 Å². The molecule has 3 aromatic rings. The van der Waals surface area contributed by atoms with Gasteiger partial charge < -0.3 is 10.1 Å². The topological polar surface area (TPSA) is 65.4 Å². The smallest absolute Gasteiger partial charge is 0.322 e. The molecule has 0 fully saturated rings. The molecule has 5 nitrogen and oxygen atoms in total. The summed E-state index contributed by atoms with van der Waals surface area (Å²) < 4.78 is 5.27. The molecule has 0 unspecified atom stereocenters. The molecule has 0 bridgehead atoms. The van der Waals surface area contributed by atoms with Crippen molar-refractivity contribution >= 4 is 11.7 Å². The summed E-state index contributed by atoms with van der Waals surface area (Å²) in [7, 11) is 3.19. The number of nitrogens with zero attached hydrogens (tertiary/aromatic N) is 2. The molecule has 3 aromatic carbocycles. The second-order valence-corrected chi connectivity index (χ2v) is 6.61. The lowest BCUT2D eigenvalue weighted by atomic mass is 9.80. The van der Waals surface area contributed by atoms with Gasteiger partial charge in [-0.2, -0.15) is 5.26 Å². The van der Waals surface area contributed by atoms with Crippen LogP contribution in [0, 0.1) is 11.3 Å². The molecule has 0 saturated heterocycles. The number of urea groups is 1. The summed E-state index contributed by atoms with van der Waals surface area (Å²) in [5, 5.41) is 12.0. The Kier molecular flexibility index (Phi) is 6.19. The van der Waals surface area contributed by atoms with Crippen LogP contribution in [0.1, 0.15) is 16.7 Å². The first-order chi connectivity index (χ1) is 14.6. The van der Waals surface area contributed by atoms with Gasteiger partial charge in [-0.15, -0.1) is 6.58 Å². The van der Waals surface area contributed by atoms with Crippen LogP contribution in [0.15, 0.2) is 91.5 Å². The van der Waals surface area contributed by atoms with Crippen molar-refractivity contribution in [1.29, 1.82) is 5.26 Å². The van der Waals surface area contributed by atoms with Gasteiger partial charge in [0, 0.05) is 12.7 Å². The zero-order valence-electron chi connectivity index (χ0n) is 17.0. The van der Waals surface area contributed by atoms with Crippen LogP contribution >= 0.6 is 0 Å². The standard InChI is InChI=1S/C25H23N3O2/c1-4-25(20-8-6-5-7-9-20,21-12-10-19(18-26)11-13-21)28(24(29)27-2)22-14-16-23(30-3)17-15-22/h4-17H,1H2,2-3H3,(H,27,29)/t25-/m1/s1. The first kappa shape index (κ1) is 20.7. The molecular weight excluding hydrogens is 374 g/mol. The normalized spacial score (nSPS) is 12.2. The lowest BCUT2D eigenvalue weighted by molar-refractivity contribution is 0.244. The third-order valence-corrected chi connectivity index (χ3v) is 5.06. The largest absolute Gasteiger partial charge is 0.497 e. The summed E-state index contributed by atoms with van der Waals surface area (Å²) in [4.78, 5) is 14.9. The van der Waals surface area contributed by atoms with Crippen molar-refractivity contribution in [3.05, 3.63) is 108 Å². The predicted octanol–water partition coefficient (Wildman–Crippen LogP) is 4.84. The van der Waals surface area contributed by atoms with Gasteiger partial charge in [0.05, 0.1) is 18.7 Å². The van der Waals surface area contributed by atoms with Crippen LogP contribution in [0.5, 0.6) is 5.75 Å². The molecule has 30 heavy (non-hydrogen) atoms. The number of methoxy groups -OCH3 is 1. The summed E-state index contributed by atoms with van der Waals surface area (Å²) in [6.07, 6.45) is 1.75. The Morgan fingerprint density at radius 2 is 1.63 bits per heavy atom. The van der Waals surface area contributed by atoms with E-state index in [2.05, 4.69) is 18.0 Å². The molecule has 5 heteroatoms. The molecule has 0 aromatic heterocycles. The van der Waals surface area contributed by atoms with E-state index in [1.807, 2.05) is 66.7 Å². The van der Waals surface area contributed by atoms with Gasteiger partial charge in [-0.25, -0.2) is 4.79 Å². The second-order valence-electron chi connectivity index (χ2n) is 6.61. The minimum absolute atomic E-state index is 0.298. The highest BCUT2D eigenvalue weighted by Gasteiger charge is 2.41. The summed E-state index contributed by atoms with van der Waals surface area (Å²) in [5.41, 5.74) is 1.87. The van der Waals surface area contributed by atoms with E-state index in [0.717, 1.165) is 11.1 Å². The van der Waals surface area contributed by atoms with Gasteiger partial charge in [0.2, 0.25) is 0 Å². The number of amides is 2. The third kappa shape index (κ3) is 3.63. The number of ether oxygens (including phenoxy) is 1. The van der Waals surface area contributed by atoms with Crippen LogP contribution in [0.3, 0.4) is 0 Å². The molecule has 3 rings (SSSR count). The fourth-order valence-electron chi connectivity index (χ4n) is 3.57. The highest BCUT2D eigenvalue weighted by Crippen LogP contribution is 2.41. The molecule has 0 heterocycles. The molecule has 1 N–H and O–H groups in total. The summed E-state index contributed by atoms with van der Waals surface area (Å²) >= 11 is 0. The Hall–Kier alpha value is -4.04. The SMILES string of the molecule is C=C[C@@](c1ccccc1)(c1ccc(C#N)cc1)N(C(=O)NC)c1ccc(OC)cc1. The van der Waals surface area contributed by atoms with E-state index in [4.69, 9.17) is 4.74 Å². The first-order valence-electron chi connectivity index (χ1n) is 9.46. The fraction of sp³-hybridized carbons (Fsp3) is 0.120. The third-order valence-electron chi connectivity index (χ3n) is 5.06. The number of nitrogens with one attached hydrogen (secondary N) is 1. The van der Waals surface area contributed by atoms with E-state index in [0.29, 0.717) is 17.0 Å². The van der Waals surface area contributed by atoms with Gasteiger partial charge in [0.15, 0.2) is 0 Å². The van der Waals surface area contributed by atoms with Gasteiger partial charge in [-0.1, -0.05) is 48.5 Å². The Labute approximate surface area is 176 Å². The Morgan fingerprint density at radius 1 is 1.03 bits per heavy atom. The number of rotatable bonds is 6. The van der Waals surface area contributed by atoms with Crippen LogP contribution in [-0.4, -0.2) is 20.2 Å². The Bertz CT molecular complexity index is 1050. The van der Waals surface area contributed by atoms with E-state index in [-0.39, 0.29) is 6.03 Å². The summed E-state index contributed by atoms with van der Waals surface area (Å²) in [6, 6.07) is 26.0. The quantitative estimate of drug-likeness (QED) is 0.605. The summed E-state index contributed by atoms with van der Waals surface area (Å²) in [5.74, 6) is 0.692. The number of hydrogen-bond acceptors (Lipinski definition) is 3. The zero-order valence-corrected chi connectivity index (χ0v) is 17.0. The Morgan fingerprint density at radius 3 is 2.13 bits per heavy atom. The van der Waals surface area contributed by atoms with E-state index in [1.54, 1.807) is 37.3 Å². The summed E-state index contributed by atoms with van der Waals surface area (Å²) in [6.45, 7) is 4.11. The lowest BCUT2D eigenvalue weighted by Gasteiger charge is -2.42. The van der Waals surface area contributed by atoms with Crippen molar-refractivity contribution < 1.29 is 9.53 Å². The molecule has 1 atom stereocenters. The highest BCUT2D eigenvalue weighted by molar-refractivity contribution is 5.95.